The molecule has 0 aliphatic carbocycles. The van der Waals surface area contributed by atoms with Gasteiger partial charge in [0.2, 0.25) is 0 Å². The monoisotopic (exact) mass is 381 g/mol. The molecule has 6 nitrogen and oxygen atoms in total. The Kier molecular flexibility index (Phi) is 8.84. The van der Waals surface area contributed by atoms with Crippen molar-refractivity contribution in [2.45, 2.75) is 25.9 Å². The summed E-state index contributed by atoms with van der Waals surface area (Å²) in [4.78, 5) is 10.6. The lowest BCUT2D eigenvalue weighted by Gasteiger charge is -2.37. The van der Waals surface area contributed by atoms with Gasteiger partial charge in [-0.05, 0) is 31.5 Å². The fraction of sp³-hybridized carbons (Fsp3) is 0.737. The normalized spacial score (nSPS) is 19.0. The predicted octanol–water partition coefficient (Wildman–Crippen LogP) is 1.87. The average Bonchev–Trinajstić information content (AvgIpc) is 3.15. The lowest BCUT2D eigenvalue weighted by molar-refractivity contribution is 0.00752. The topological polar surface area (TPSA) is 52.1 Å². The van der Waals surface area contributed by atoms with Gasteiger partial charge in [0.05, 0.1) is 19.3 Å². The molecule has 2 atom stereocenters. The fourth-order valence-corrected chi connectivity index (χ4v) is 4.25. The highest BCUT2D eigenvalue weighted by Crippen LogP contribution is 2.22. The Balaban J connectivity index is 1.87. The largest absolute Gasteiger partial charge is 0.379 e. The Morgan fingerprint density at radius 2 is 1.96 bits per heavy atom. The van der Waals surface area contributed by atoms with Gasteiger partial charge in [0.15, 0.2) is 5.96 Å². The molecule has 2 rings (SSSR count). The third-order valence-corrected chi connectivity index (χ3v) is 5.92. The molecular weight excluding hydrogens is 346 g/mol. The first kappa shape index (κ1) is 21.2. The van der Waals surface area contributed by atoms with E-state index in [9.17, 15) is 0 Å². The third-order valence-electron chi connectivity index (χ3n) is 4.94. The molecule has 0 aromatic carbocycles. The van der Waals surface area contributed by atoms with Gasteiger partial charge in [-0.1, -0.05) is 19.9 Å². The number of aliphatic imine (C=N–C) groups is 1. The Morgan fingerprint density at radius 3 is 2.50 bits per heavy atom. The minimum Gasteiger partial charge on any atom is -0.379 e. The number of hydrogen-bond donors (Lipinski definition) is 2. The third kappa shape index (κ3) is 6.23. The van der Waals surface area contributed by atoms with E-state index in [2.05, 4.69) is 70.9 Å². The smallest absolute Gasteiger partial charge is 0.191 e. The van der Waals surface area contributed by atoms with Gasteiger partial charge < -0.3 is 20.3 Å². The van der Waals surface area contributed by atoms with Crippen molar-refractivity contribution >= 4 is 17.3 Å². The minimum atomic E-state index is 0.341. The lowest BCUT2D eigenvalue weighted by Crippen LogP contribution is -2.53. The van der Waals surface area contributed by atoms with Crippen LogP contribution in [0.4, 0.5) is 0 Å². The molecule has 1 aliphatic rings. The van der Waals surface area contributed by atoms with E-state index in [-0.39, 0.29) is 0 Å². The van der Waals surface area contributed by atoms with Crippen molar-refractivity contribution in [3.8, 4) is 0 Å². The van der Waals surface area contributed by atoms with Crippen LogP contribution >= 0.6 is 11.3 Å². The summed E-state index contributed by atoms with van der Waals surface area (Å²) in [6, 6.07) is 5.13. The summed E-state index contributed by atoms with van der Waals surface area (Å²) in [5.74, 6) is 1.45. The molecule has 2 heterocycles. The summed E-state index contributed by atoms with van der Waals surface area (Å²) in [7, 11) is 6.08. The highest BCUT2D eigenvalue weighted by molar-refractivity contribution is 7.10. The molecule has 7 heteroatoms. The summed E-state index contributed by atoms with van der Waals surface area (Å²) in [5.41, 5.74) is 0. The summed E-state index contributed by atoms with van der Waals surface area (Å²) in [5, 5.41) is 9.16. The Labute approximate surface area is 162 Å². The maximum absolute atomic E-state index is 5.50. The van der Waals surface area contributed by atoms with E-state index in [0.29, 0.717) is 18.0 Å². The molecule has 1 aromatic rings. The van der Waals surface area contributed by atoms with Crippen molar-refractivity contribution in [3.63, 3.8) is 0 Å². The van der Waals surface area contributed by atoms with Crippen LogP contribution in [-0.4, -0.2) is 82.3 Å². The van der Waals surface area contributed by atoms with Crippen LogP contribution in [0.1, 0.15) is 24.8 Å². The van der Waals surface area contributed by atoms with Gasteiger partial charge in [0, 0.05) is 44.1 Å². The average molecular weight is 382 g/mol. The number of hydrogen-bond acceptors (Lipinski definition) is 5. The van der Waals surface area contributed by atoms with E-state index in [1.54, 1.807) is 11.3 Å². The molecule has 148 valence electrons. The van der Waals surface area contributed by atoms with Crippen LogP contribution in [0.2, 0.25) is 0 Å². The molecule has 0 spiro atoms. The highest BCUT2D eigenvalue weighted by Gasteiger charge is 2.24. The molecule has 1 aliphatic heterocycles. The molecule has 0 bridgehead atoms. The Morgan fingerprint density at radius 1 is 1.27 bits per heavy atom. The number of likely N-dealkylation sites (N-methyl/N-ethyl adjacent to an activating group) is 1. The number of ether oxygens (including phenoxy) is 1. The standard InChI is InChI=1S/C19H35N5OS/c1-15(2)16(24-8-10-25-11-9-24)13-21-19(20-3)22-14-17(23(4)5)18-7-6-12-26-18/h6-7,12,15-17H,8-11,13-14H2,1-5H3,(H2,20,21,22). The molecule has 2 N–H and O–H groups in total. The number of morpholine rings is 1. The molecule has 0 amide bonds. The summed E-state index contributed by atoms with van der Waals surface area (Å²) in [6.45, 7) is 9.99. The zero-order valence-corrected chi connectivity index (χ0v) is 17.7. The molecule has 1 aromatic heterocycles. The van der Waals surface area contributed by atoms with E-state index in [4.69, 9.17) is 4.74 Å². The van der Waals surface area contributed by atoms with Crippen LogP contribution in [0.15, 0.2) is 22.5 Å². The predicted molar refractivity (Wildman–Crippen MR) is 111 cm³/mol. The molecule has 1 saturated heterocycles. The summed E-state index contributed by atoms with van der Waals surface area (Å²) < 4.78 is 5.50. The fourth-order valence-electron chi connectivity index (χ4n) is 3.33. The van der Waals surface area contributed by atoms with Crippen LogP contribution < -0.4 is 10.6 Å². The zero-order valence-electron chi connectivity index (χ0n) is 16.9. The van der Waals surface area contributed by atoms with Crippen molar-refractivity contribution in [1.29, 1.82) is 0 Å². The van der Waals surface area contributed by atoms with E-state index in [1.165, 1.54) is 4.88 Å². The molecule has 0 saturated carbocycles. The molecule has 26 heavy (non-hydrogen) atoms. The second kappa shape index (κ2) is 10.9. The molecule has 0 radical (unpaired) electrons. The van der Waals surface area contributed by atoms with Crippen LogP contribution in [-0.2, 0) is 4.74 Å². The Hall–Kier alpha value is -1.15. The lowest BCUT2D eigenvalue weighted by atomic mass is 10.0. The maximum Gasteiger partial charge on any atom is 0.191 e. The van der Waals surface area contributed by atoms with Gasteiger partial charge in [-0.15, -0.1) is 11.3 Å². The number of nitrogens with one attached hydrogen (secondary N) is 2. The van der Waals surface area contributed by atoms with E-state index >= 15 is 0 Å². The number of nitrogens with zero attached hydrogens (tertiary/aromatic N) is 3. The SMILES string of the molecule is CN=C(NCC(c1cccs1)N(C)C)NCC(C(C)C)N1CCOCC1. The van der Waals surface area contributed by atoms with Crippen LogP contribution in [0, 0.1) is 5.92 Å². The number of rotatable bonds is 8. The Bertz CT molecular complexity index is 526. The second-order valence-electron chi connectivity index (χ2n) is 7.29. The van der Waals surface area contributed by atoms with Crippen molar-refractivity contribution < 1.29 is 4.74 Å². The molecule has 2 unspecified atom stereocenters. The maximum atomic E-state index is 5.50. The quantitative estimate of drug-likeness (QED) is 0.532. The van der Waals surface area contributed by atoms with E-state index < -0.39 is 0 Å². The van der Waals surface area contributed by atoms with Gasteiger partial charge in [-0.3, -0.25) is 9.89 Å². The van der Waals surface area contributed by atoms with Crippen LogP contribution in [0.3, 0.4) is 0 Å². The van der Waals surface area contributed by atoms with Gasteiger partial charge in [0.25, 0.3) is 0 Å². The van der Waals surface area contributed by atoms with Crippen LogP contribution in [0.5, 0.6) is 0 Å². The van der Waals surface area contributed by atoms with Gasteiger partial charge >= 0.3 is 0 Å². The second-order valence-corrected chi connectivity index (χ2v) is 8.27. The first-order valence-electron chi connectivity index (χ1n) is 9.49. The first-order valence-corrected chi connectivity index (χ1v) is 10.4. The van der Waals surface area contributed by atoms with Crippen molar-refractivity contribution in [1.82, 2.24) is 20.4 Å². The number of thiophene rings is 1. The van der Waals surface area contributed by atoms with Gasteiger partial charge in [-0.25, -0.2) is 0 Å². The first-order chi connectivity index (χ1) is 12.5. The van der Waals surface area contributed by atoms with E-state index in [1.807, 2.05) is 7.05 Å². The van der Waals surface area contributed by atoms with Gasteiger partial charge in [-0.2, -0.15) is 0 Å². The highest BCUT2D eigenvalue weighted by atomic mass is 32.1. The van der Waals surface area contributed by atoms with Crippen molar-refractivity contribution in [2.24, 2.45) is 10.9 Å². The van der Waals surface area contributed by atoms with Crippen molar-refractivity contribution in [3.05, 3.63) is 22.4 Å². The summed E-state index contributed by atoms with van der Waals surface area (Å²) >= 11 is 1.80. The summed E-state index contributed by atoms with van der Waals surface area (Å²) in [6.07, 6.45) is 0. The zero-order chi connectivity index (χ0) is 18.9. The minimum absolute atomic E-state index is 0.341. The van der Waals surface area contributed by atoms with Crippen molar-refractivity contribution in [2.75, 3.05) is 60.5 Å². The number of guanidine groups is 1. The molecular formula is C19H35N5OS. The van der Waals surface area contributed by atoms with Crippen LogP contribution in [0.25, 0.3) is 0 Å². The molecule has 1 fully saturated rings. The van der Waals surface area contributed by atoms with E-state index in [0.717, 1.165) is 45.4 Å². The van der Waals surface area contributed by atoms with Gasteiger partial charge in [0.1, 0.15) is 0 Å².